The summed E-state index contributed by atoms with van der Waals surface area (Å²) in [6.07, 6.45) is 6.82. The Hall–Kier alpha value is -4.18. The molecule has 4 amide bonds. The van der Waals surface area contributed by atoms with Gasteiger partial charge in [0.1, 0.15) is 16.9 Å². The van der Waals surface area contributed by atoms with Crippen LogP contribution in [0, 0.1) is 23.7 Å². The van der Waals surface area contributed by atoms with Crippen LogP contribution in [-0.4, -0.2) is 125 Å². The van der Waals surface area contributed by atoms with Gasteiger partial charge in [0.15, 0.2) is 0 Å². The van der Waals surface area contributed by atoms with E-state index in [1.54, 1.807) is 44.8 Å². The number of amides is 4. The lowest BCUT2D eigenvalue weighted by molar-refractivity contribution is -0.148. The molecular weight excluding hydrogens is 781 g/mol. The van der Waals surface area contributed by atoms with E-state index in [0.29, 0.717) is 25.9 Å². The van der Waals surface area contributed by atoms with Gasteiger partial charge < -0.3 is 34.9 Å². The number of carbonyl (C=O) groups is 4. The van der Waals surface area contributed by atoms with E-state index >= 15 is 0 Å². The van der Waals surface area contributed by atoms with E-state index in [9.17, 15) is 19.2 Å². The Morgan fingerprint density at radius 3 is 2.23 bits per heavy atom. The summed E-state index contributed by atoms with van der Waals surface area (Å²) in [5.41, 5.74) is 1.09. The molecule has 0 spiro atoms. The Kier molecular flexibility index (Phi) is 18.7. The van der Waals surface area contributed by atoms with Gasteiger partial charge in [-0.15, -0.1) is 11.3 Å². The third-order valence-corrected chi connectivity index (χ3v) is 13.1. The molecule has 3 aromatic rings. The molecule has 332 valence electrons. The van der Waals surface area contributed by atoms with Crippen molar-refractivity contribution in [2.24, 2.45) is 23.7 Å². The first-order chi connectivity index (χ1) is 28.6. The Labute approximate surface area is 361 Å². The average Bonchev–Trinajstić information content (AvgIpc) is 4.04. The number of ether oxygens (including phenoxy) is 2. The van der Waals surface area contributed by atoms with E-state index < -0.39 is 36.3 Å². The quantitative estimate of drug-likeness (QED) is 0.112. The van der Waals surface area contributed by atoms with Crippen molar-refractivity contribution in [2.45, 2.75) is 130 Å². The Balaban J connectivity index is 1.48. The Morgan fingerprint density at radius 2 is 1.67 bits per heavy atom. The van der Waals surface area contributed by atoms with Crippen LogP contribution in [0.5, 0.6) is 0 Å². The largest absolute Gasteiger partial charge is 0.379 e. The third-order valence-electron chi connectivity index (χ3n) is 12.2. The molecule has 4 rings (SSSR count). The minimum atomic E-state index is -0.804. The molecule has 60 heavy (non-hydrogen) atoms. The summed E-state index contributed by atoms with van der Waals surface area (Å²) in [5.74, 6) is -0.855. The van der Waals surface area contributed by atoms with Crippen LogP contribution in [-0.2, 0) is 41.6 Å². The normalized spacial score (nSPS) is 18.4. The highest BCUT2D eigenvalue weighted by atomic mass is 32.1. The van der Waals surface area contributed by atoms with Gasteiger partial charge in [-0.2, -0.15) is 0 Å². The number of H-pyrrole nitrogens is 1. The molecule has 0 saturated carbocycles. The zero-order chi connectivity index (χ0) is 44.1. The van der Waals surface area contributed by atoms with Gasteiger partial charge in [0, 0.05) is 51.8 Å². The van der Waals surface area contributed by atoms with Crippen molar-refractivity contribution in [1.82, 2.24) is 40.3 Å². The van der Waals surface area contributed by atoms with E-state index in [1.165, 1.54) is 11.3 Å². The van der Waals surface area contributed by atoms with Crippen molar-refractivity contribution >= 4 is 35.0 Å². The fourth-order valence-electron chi connectivity index (χ4n) is 8.77. The number of likely N-dealkylation sites (tertiary alicyclic amines) is 1. The molecule has 1 fully saturated rings. The van der Waals surface area contributed by atoms with Crippen LogP contribution >= 0.6 is 11.3 Å². The van der Waals surface area contributed by atoms with Crippen molar-refractivity contribution in [3.05, 3.63) is 70.7 Å². The summed E-state index contributed by atoms with van der Waals surface area (Å²) in [7, 11) is 6.80. The van der Waals surface area contributed by atoms with Crippen LogP contribution in [0.3, 0.4) is 0 Å². The minimum absolute atomic E-state index is 0.0328. The van der Waals surface area contributed by atoms with Gasteiger partial charge in [0.05, 0.1) is 55.3 Å². The van der Waals surface area contributed by atoms with Crippen LogP contribution in [0.25, 0.3) is 0 Å². The number of nitrogens with one attached hydrogen (secondary N) is 3. The van der Waals surface area contributed by atoms with Gasteiger partial charge in [-0.25, -0.2) is 9.97 Å². The number of hydrogen-bond acceptors (Lipinski definition) is 10. The van der Waals surface area contributed by atoms with E-state index in [4.69, 9.17) is 9.47 Å². The second-order valence-electron chi connectivity index (χ2n) is 17.1. The fraction of sp³-hybridized carbons (Fsp3) is 0.644. The molecule has 14 nitrogen and oxygen atoms in total. The molecule has 3 N–H and O–H groups in total. The summed E-state index contributed by atoms with van der Waals surface area (Å²) < 4.78 is 12.2. The van der Waals surface area contributed by atoms with E-state index in [2.05, 4.69) is 39.4 Å². The number of rotatable bonds is 23. The molecular formula is C45H70N8O6S. The second-order valence-corrected chi connectivity index (χ2v) is 18.0. The van der Waals surface area contributed by atoms with Gasteiger partial charge in [0.2, 0.25) is 23.6 Å². The number of imidazole rings is 1. The Bertz CT molecular complexity index is 1760. The van der Waals surface area contributed by atoms with Gasteiger partial charge >= 0.3 is 0 Å². The highest BCUT2D eigenvalue weighted by molar-refractivity contribution is 7.09. The number of nitrogens with zero attached hydrogens (tertiary/aromatic N) is 5. The zero-order valence-electron chi connectivity index (χ0n) is 37.6. The van der Waals surface area contributed by atoms with Gasteiger partial charge in [0.25, 0.3) is 0 Å². The standard InChI is InChI=1S/C45H70N8O6S/c1-12-30(6)40(52(9)45(57)38(28(2)3)50-43(56)39(29(4)5)51(8)27-36-46-20-21-47-36)35(58-10)26-37(54)53-23-16-19-34(53)41(59-11)31(7)42(55)49-33(44-48-22-24-60-44)25-32-17-14-13-15-18-32/h13-15,17-18,20-22,24,28-31,33-35,38-41H,12,16,19,23,25-27H2,1-11H3,(H,46,47)(H,49,55)(H,50,56)/t30-,31+,33-,34-,35-,38-,39-,40-,41+/m0/s1. The van der Waals surface area contributed by atoms with Gasteiger partial charge in [-0.1, -0.05) is 85.2 Å². The molecule has 9 atom stereocenters. The first-order valence-electron chi connectivity index (χ1n) is 21.5. The van der Waals surface area contributed by atoms with Crippen molar-refractivity contribution in [3.8, 4) is 0 Å². The molecule has 3 heterocycles. The maximum Gasteiger partial charge on any atom is 0.245 e. The summed E-state index contributed by atoms with van der Waals surface area (Å²) in [5, 5.41) is 9.07. The third kappa shape index (κ3) is 12.5. The second kappa shape index (κ2) is 23.2. The molecule has 0 bridgehead atoms. The highest BCUT2D eigenvalue weighted by Gasteiger charge is 2.43. The predicted octanol–water partition coefficient (Wildman–Crippen LogP) is 5.48. The van der Waals surface area contributed by atoms with Crippen molar-refractivity contribution in [1.29, 1.82) is 0 Å². The molecule has 0 radical (unpaired) electrons. The fourth-order valence-corrected chi connectivity index (χ4v) is 9.46. The zero-order valence-corrected chi connectivity index (χ0v) is 38.4. The molecule has 1 aromatic carbocycles. The summed E-state index contributed by atoms with van der Waals surface area (Å²) in [6, 6.07) is 7.60. The molecule has 1 saturated heterocycles. The highest BCUT2D eigenvalue weighted by Crippen LogP contribution is 2.31. The first-order valence-corrected chi connectivity index (χ1v) is 22.3. The minimum Gasteiger partial charge on any atom is -0.379 e. The summed E-state index contributed by atoms with van der Waals surface area (Å²) in [6.45, 7) is 14.8. The molecule has 0 unspecified atom stereocenters. The molecule has 0 aliphatic carbocycles. The van der Waals surface area contributed by atoms with E-state index in [-0.39, 0.29) is 59.9 Å². The monoisotopic (exact) mass is 851 g/mol. The number of benzene rings is 1. The van der Waals surface area contributed by atoms with E-state index in [0.717, 1.165) is 29.2 Å². The number of aromatic nitrogens is 3. The molecule has 15 heteroatoms. The van der Waals surface area contributed by atoms with Gasteiger partial charge in [-0.3, -0.25) is 24.1 Å². The predicted molar refractivity (Wildman–Crippen MR) is 235 cm³/mol. The van der Waals surface area contributed by atoms with Crippen LogP contribution in [0.2, 0.25) is 0 Å². The first kappa shape index (κ1) is 48.5. The number of methoxy groups -OCH3 is 2. The number of likely N-dealkylation sites (N-methyl/N-ethyl adjacent to an activating group) is 2. The van der Waals surface area contributed by atoms with Gasteiger partial charge in [-0.05, 0) is 49.6 Å². The SMILES string of the molecule is CC[C@H](C)[C@@H]([C@H](CC(=O)N1CCC[C@H]1[C@H](OC)[C@@H](C)C(=O)N[C@@H](Cc1ccccc1)c1nccs1)OC)N(C)C(=O)[C@@H](NC(=O)[C@H](C(C)C)N(C)Cc1ncc[nH]1)C(C)C. The van der Waals surface area contributed by atoms with Crippen molar-refractivity contribution in [3.63, 3.8) is 0 Å². The lowest BCUT2D eigenvalue weighted by Gasteiger charge is -2.41. The maximum absolute atomic E-state index is 14.5. The van der Waals surface area contributed by atoms with Crippen molar-refractivity contribution in [2.75, 3.05) is 34.9 Å². The van der Waals surface area contributed by atoms with Crippen LogP contribution in [0.15, 0.2) is 54.3 Å². The van der Waals surface area contributed by atoms with Crippen molar-refractivity contribution < 1.29 is 28.7 Å². The van der Waals surface area contributed by atoms with Crippen LogP contribution in [0.4, 0.5) is 0 Å². The number of thiazole rings is 1. The number of carbonyl (C=O) groups excluding carboxylic acids is 4. The lowest BCUT2D eigenvalue weighted by atomic mass is 9.89. The van der Waals surface area contributed by atoms with Crippen LogP contribution < -0.4 is 10.6 Å². The van der Waals surface area contributed by atoms with Crippen LogP contribution in [0.1, 0.15) is 96.6 Å². The van der Waals surface area contributed by atoms with E-state index in [1.807, 2.05) is 87.2 Å². The Morgan fingerprint density at radius 1 is 0.950 bits per heavy atom. The number of aromatic amines is 1. The smallest absolute Gasteiger partial charge is 0.245 e. The molecule has 1 aliphatic heterocycles. The molecule has 1 aliphatic rings. The average molecular weight is 851 g/mol. The summed E-state index contributed by atoms with van der Waals surface area (Å²) >= 11 is 1.50. The summed E-state index contributed by atoms with van der Waals surface area (Å²) in [4.78, 5) is 74.2. The topological polar surface area (TPSA) is 162 Å². The number of hydrogen-bond donors (Lipinski definition) is 3. The maximum atomic E-state index is 14.5. The molecule has 2 aromatic heterocycles. The lowest BCUT2D eigenvalue weighted by Crippen LogP contribution is -2.60.